The van der Waals surface area contributed by atoms with Crippen LogP contribution in [0.4, 0.5) is 10.1 Å². The molecule has 0 saturated carbocycles. The van der Waals surface area contributed by atoms with E-state index in [9.17, 15) is 4.39 Å². The fourth-order valence-corrected chi connectivity index (χ4v) is 3.88. The maximum Gasteiger partial charge on any atom is 0.171 e. The van der Waals surface area contributed by atoms with Crippen molar-refractivity contribution in [1.82, 2.24) is 0 Å². The minimum absolute atomic E-state index is 0.142. The van der Waals surface area contributed by atoms with Crippen LogP contribution in [-0.4, -0.2) is 18.1 Å². The number of halogens is 3. The molecule has 3 N–H and O–H groups in total. The molecule has 0 bridgehead atoms. The van der Waals surface area contributed by atoms with Gasteiger partial charge in [0.2, 0.25) is 0 Å². The van der Waals surface area contributed by atoms with Gasteiger partial charge in [-0.05, 0) is 50.1 Å². The number of hydrogen-bond acceptors (Lipinski definition) is 4. The highest BCUT2D eigenvalue weighted by atomic mass is 79.9. The number of nitrogens with two attached hydrogens (primary N) is 1. The average Bonchev–Trinajstić information content (AvgIpc) is 2.86. The number of oxime groups is 1. The molecule has 1 heterocycles. The van der Waals surface area contributed by atoms with E-state index in [1.54, 1.807) is 28.4 Å². The molecule has 0 amide bonds. The van der Waals surface area contributed by atoms with E-state index in [-0.39, 0.29) is 10.3 Å². The third-order valence-corrected chi connectivity index (χ3v) is 5.33. The molecule has 0 spiro atoms. The third-order valence-electron chi connectivity index (χ3n) is 2.87. The third kappa shape index (κ3) is 3.56. The van der Waals surface area contributed by atoms with Gasteiger partial charge in [-0.2, -0.15) is 0 Å². The summed E-state index contributed by atoms with van der Waals surface area (Å²) in [4.78, 5) is 2.91. The summed E-state index contributed by atoms with van der Waals surface area (Å²) < 4.78 is 15.6. The first-order valence-electron chi connectivity index (χ1n) is 5.84. The standard InChI is InChI=1S/C13H12Br2FN3OS/c1-19(5-8-4-7(14)6-21-8)10-3-2-9(13(17)18-20)11(15)12(10)16/h2-4,6,20H,5H2,1H3,(H2,17,18). The first kappa shape index (κ1) is 16.3. The van der Waals surface area contributed by atoms with Gasteiger partial charge >= 0.3 is 0 Å². The highest BCUT2D eigenvalue weighted by molar-refractivity contribution is 9.10. The lowest BCUT2D eigenvalue weighted by Gasteiger charge is -2.20. The SMILES string of the molecule is CN(Cc1cc(Br)cs1)c1ccc(/C(N)=N/O)c(Br)c1F. The summed E-state index contributed by atoms with van der Waals surface area (Å²) >= 11 is 8.15. The number of rotatable bonds is 4. The first-order valence-corrected chi connectivity index (χ1v) is 8.30. The zero-order chi connectivity index (χ0) is 15.6. The van der Waals surface area contributed by atoms with Gasteiger partial charge in [0.1, 0.15) is 0 Å². The van der Waals surface area contributed by atoms with Crippen LogP contribution in [0.15, 0.2) is 37.7 Å². The molecule has 21 heavy (non-hydrogen) atoms. The maximum absolute atomic E-state index is 14.4. The second kappa shape index (κ2) is 6.76. The summed E-state index contributed by atoms with van der Waals surface area (Å²) in [5.41, 5.74) is 6.25. The van der Waals surface area contributed by atoms with Gasteiger partial charge < -0.3 is 15.8 Å². The van der Waals surface area contributed by atoms with Crippen molar-refractivity contribution in [3.8, 4) is 0 Å². The predicted octanol–water partition coefficient (Wildman–Crippen LogP) is 4.14. The maximum atomic E-state index is 14.4. The molecule has 0 aliphatic heterocycles. The Bertz CT molecular complexity index is 690. The van der Waals surface area contributed by atoms with Crippen LogP contribution < -0.4 is 10.6 Å². The Balaban J connectivity index is 2.30. The number of benzene rings is 1. The number of amidine groups is 1. The van der Waals surface area contributed by atoms with E-state index in [0.29, 0.717) is 17.8 Å². The lowest BCUT2D eigenvalue weighted by atomic mass is 10.1. The Morgan fingerprint density at radius 3 is 2.76 bits per heavy atom. The van der Waals surface area contributed by atoms with Crippen molar-refractivity contribution in [2.24, 2.45) is 10.9 Å². The van der Waals surface area contributed by atoms with E-state index in [2.05, 4.69) is 37.0 Å². The number of anilines is 1. The van der Waals surface area contributed by atoms with Crippen molar-refractivity contribution in [2.45, 2.75) is 6.54 Å². The van der Waals surface area contributed by atoms with Crippen LogP contribution in [0.25, 0.3) is 0 Å². The number of hydrogen-bond donors (Lipinski definition) is 2. The van der Waals surface area contributed by atoms with E-state index < -0.39 is 5.82 Å². The van der Waals surface area contributed by atoms with Crippen LogP contribution in [0.3, 0.4) is 0 Å². The van der Waals surface area contributed by atoms with Crippen molar-refractivity contribution in [3.63, 3.8) is 0 Å². The van der Waals surface area contributed by atoms with Crippen LogP contribution in [0.2, 0.25) is 0 Å². The minimum atomic E-state index is -0.447. The summed E-state index contributed by atoms with van der Waals surface area (Å²) in [6, 6.07) is 5.22. The van der Waals surface area contributed by atoms with E-state index >= 15 is 0 Å². The molecule has 1 aromatic carbocycles. The molecule has 8 heteroatoms. The molecule has 2 aromatic rings. The molecule has 2 rings (SSSR count). The fraction of sp³-hybridized carbons (Fsp3) is 0.154. The number of nitrogens with zero attached hydrogens (tertiary/aromatic N) is 2. The smallest absolute Gasteiger partial charge is 0.171 e. The van der Waals surface area contributed by atoms with Crippen molar-refractivity contribution < 1.29 is 9.60 Å². The molecule has 0 aliphatic rings. The second-order valence-corrected chi connectivity index (χ2v) is 7.04. The van der Waals surface area contributed by atoms with Gasteiger partial charge in [-0.3, -0.25) is 0 Å². The molecule has 0 saturated heterocycles. The average molecular weight is 437 g/mol. The highest BCUT2D eigenvalue weighted by Gasteiger charge is 2.17. The summed E-state index contributed by atoms with van der Waals surface area (Å²) in [5.74, 6) is -0.589. The highest BCUT2D eigenvalue weighted by Crippen LogP contribution is 2.30. The largest absolute Gasteiger partial charge is 0.409 e. The van der Waals surface area contributed by atoms with Gasteiger partial charge in [0.05, 0.1) is 16.7 Å². The molecule has 112 valence electrons. The van der Waals surface area contributed by atoms with Crippen LogP contribution in [-0.2, 0) is 6.54 Å². The lowest BCUT2D eigenvalue weighted by Crippen LogP contribution is -2.19. The molecular formula is C13H12Br2FN3OS. The molecule has 0 unspecified atom stereocenters. The molecule has 4 nitrogen and oxygen atoms in total. The summed E-state index contributed by atoms with van der Waals surface area (Å²) in [6.45, 7) is 0.586. The van der Waals surface area contributed by atoms with Crippen molar-refractivity contribution in [3.05, 3.63) is 48.8 Å². The Labute approximate surface area is 142 Å². The van der Waals surface area contributed by atoms with Crippen molar-refractivity contribution in [1.29, 1.82) is 0 Å². The lowest BCUT2D eigenvalue weighted by molar-refractivity contribution is 0.318. The quantitative estimate of drug-likeness (QED) is 0.327. The minimum Gasteiger partial charge on any atom is -0.409 e. The monoisotopic (exact) mass is 435 g/mol. The van der Waals surface area contributed by atoms with Gasteiger partial charge in [0.15, 0.2) is 11.7 Å². The second-order valence-electron chi connectivity index (χ2n) is 4.33. The molecule has 0 aliphatic carbocycles. The Morgan fingerprint density at radius 2 is 2.19 bits per heavy atom. The molecule has 0 fully saturated rings. The summed E-state index contributed by atoms with van der Waals surface area (Å²) in [6.07, 6.45) is 0. The van der Waals surface area contributed by atoms with Crippen LogP contribution >= 0.6 is 43.2 Å². The van der Waals surface area contributed by atoms with Gasteiger partial charge in [-0.1, -0.05) is 5.16 Å². The van der Waals surface area contributed by atoms with Crippen LogP contribution in [0.1, 0.15) is 10.4 Å². The summed E-state index contributed by atoms with van der Waals surface area (Å²) in [7, 11) is 1.81. The van der Waals surface area contributed by atoms with Crippen LogP contribution in [0.5, 0.6) is 0 Å². The Morgan fingerprint density at radius 1 is 1.48 bits per heavy atom. The molecule has 1 aromatic heterocycles. The molecular weight excluding hydrogens is 425 g/mol. The topological polar surface area (TPSA) is 61.8 Å². The fourth-order valence-electron chi connectivity index (χ4n) is 1.84. The van der Waals surface area contributed by atoms with E-state index in [0.717, 1.165) is 9.35 Å². The van der Waals surface area contributed by atoms with Gasteiger partial charge in [0.25, 0.3) is 0 Å². The van der Waals surface area contributed by atoms with Crippen molar-refractivity contribution >= 4 is 54.7 Å². The van der Waals surface area contributed by atoms with Crippen LogP contribution in [0, 0.1) is 5.82 Å². The molecule has 0 radical (unpaired) electrons. The van der Waals surface area contributed by atoms with Gasteiger partial charge in [0, 0.05) is 27.3 Å². The Hall–Kier alpha value is -1.12. The molecule has 0 atom stereocenters. The van der Waals surface area contributed by atoms with Gasteiger partial charge in [-0.25, -0.2) is 4.39 Å². The van der Waals surface area contributed by atoms with E-state index in [4.69, 9.17) is 10.9 Å². The normalized spacial score (nSPS) is 11.7. The predicted molar refractivity (Wildman–Crippen MR) is 90.7 cm³/mol. The van der Waals surface area contributed by atoms with Gasteiger partial charge in [-0.15, -0.1) is 11.3 Å². The zero-order valence-corrected chi connectivity index (χ0v) is 15.0. The Kier molecular flexibility index (Phi) is 5.23. The summed E-state index contributed by atoms with van der Waals surface area (Å²) in [5, 5.41) is 13.6. The van der Waals surface area contributed by atoms with E-state index in [1.807, 2.05) is 18.5 Å². The van der Waals surface area contributed by atoms with E-state index in [1.165, 1.54) is 0 Å². The first-order chi connectivity index (χ1) is 9.93. The zero-order valence-electron chi connectivity index (χ0n) is 11.0. The van der Waals surface area contributed by atoms with Crippen molar-refractivity contribution in [2.75, 3.05) is 11.9 Å². The number of thiophene rings is 1.